The molecule has 3 aromatic rings. The minimum atomic E-state index is -0.419. The standard InChI is InChI=1S/C28H31N3O3S/c1-5-19-10-6-7-12-23(19)30-26(32)25-22-14-13-20(28(2,3)4)16-24(22)35-27(25)29-17-18-9-8-11-21(15-18)31(33)34/h6-12,15,17,20H,5,13-14,16H2,1-4H3,(H,30,32)/t20-/m0/s1. The third-order valence-electron chi connectivity index (χ3n) is 6.76. The van der Waals surface area contributed by atoms with E-state index in [-0.39, 0.29) is 17.0 Å². The molecule has 0 aliphatic heterocycles. The number of carbonyl (C=O) groups excluding carboxylic acids is 1. The van der Waals surface area contributed by atoms with E-state index in [1.54, 1.807) is 29.7 Å². The molecular weight excluding hydrogens is 458 g/mol. The molecule has 0 fully saturated rings. The molecular formula is C28H31N3O3S. The molecule has 1 amide bonds. The largest absolute Gasteiger partial charge is 0.322 e. The molecule has 35 heavy (non-hydrogen) atoms. The SMILES string of the molecule is CCc1ccccc1NC(=O)c1c(N=Cc2cccc([N+](=O)[O-])c2)sc2c1CC[C@H](C(C)(C)C)C2. The second-order valence-electron chi connectivity index (χ2n) is 10.1. The first-order chi connectivity index (χ1) is 16.7. The maximum Gasteiger partial charge on any atom is 0.270 e. The van der Waals surface area contributed by atoms with Crippen molar-refractivity contribution in [3.63, 3.8) is 0 Å². The highest BCUT2D eigenvalue weighted by molar-refractivity contribution is 7.16. The maximum absolute atomic E-state index is 13.6. The van der Waals surface area contributed by atoms with Crippen LogP contribution in [-0.4, -0.2) is 17.0 Å². The first-order valence-corrected chi connectivity index (χ1v) is 12.8. The lowest BCUT2D eigenvalue weighted by molar-refractivity contribution is -0.384. The van der Waals surface area contributed by atoms with E-state index in [0.29, 0.717) is 22.0 Å². The van der Waals surface area contributed by atoms with Crippen LogP contribution < -0.4 is 5.32 Å². The van der Waals surface area contributed by atoms with E-state index in [1.807, 2.05) is 24.3 Å². The molecule has 0 radical (unpaired) electrons. The summed E-state index contributed by atoms with van der Waals surface area (Å²) in [5.41, 5.74) is 4.45. The van der Waals surface area contributed by atoms with Crippen molar-refractivity contribution in [3.05, 3.63) is 85.8 Å². The number of para-hydroxylation sites is 1. The summed E-state index contributed by atoms with van der Waals surface area (Å²) in [6.07, 6.45) is 5.25. The van der Waals surface area contributed by atoms with Gasteiger partial charge in [0.2, 0.25) is 0 Å². The van der Waals surface area contributed by atoms with Crippen molar-refractivity contribution in [1.82, 2.24) is 0 Å². The molecule has 0 saturated carbocycles. The minimum absolute atomic E-state index is 0.0154. The number of aliphatic imine (C=N–C) groups is 1. The molecule has 1 N–H and O–H groups in total. The number of nitrogens with one attached hydrogen (secondary N) is 1. The summed E-state index contributed by atoms with van der Waals surface area (Å²) in [5.74, 6) is 0.391. The summed E-state index contributed by atoms with van der Waals surface area (Å²) in [4.78, 5) is 30.2. The number of aryl methyl sites for hydroxylation is 1. The number of thiophene rings is 1. The fourth-order valence-corrected chi connectivity index (χ4v) is 5.89. The molecule has 1 aromatic heterocycles. The summed E-state index contributed by atoms with van der Waals surface area (Å²) < 4.78 is 0. The molecule has 1 atom stereocenters. The average Bonchev–Trinajstić information content (AvgIpc) is 3.20. The van der Waals surface area contributed by atoms with Gasteiger partial charge in [-0.15, -0.1) is 11.3 Å². The van der Waals surface area contributed by atoms with Gasteiger partial charge in [0.05, 0.1) is 10.5 Å². The second-order valence-corrected chi connectivity index (χ2v) is 11.1. The van der Waals surface area contributed by atoms with E-state index >= 15 is 0 Å². The Kier molecular flexibility index (Phi) is 7.17. The van der Waals surface area contributed by atoms with Gasteiger partial charge >= 0.3 is 0 Å². The third kappa shape index (κ3) is 5.51. The summed E-state index contributed by atoms with van der Waals surface area (Å²) in [7, 11) is 0. The number of benzene rings is 2. The molecule has 6 nitrogen and oxygen atoms in total. The number of rotatable bonds is 6. The first-order valence-electron chi connectivity index (χ1n) is 12.0. The number of nitro groups is 1. The van der Waals surface area contributed by atoms with Crippen LogP contribution in [0.4, 0.5) is 16.4 Å². The fraction of sp³-hybridized carbons (Fsp3) is 0.357. The molecule has 0 saturated heterocycles. The van der Waals surface area contributed by atoms with Crippen LogP contribution in [0.15, 0.2) is 53.5 Å². The molecule has 1 aliphatic rings. The second kappa shape index (κ2) is 10.1. The summed E-state index contributed by atoms with van der Waals surface area (Å²) in [6.45, 7) is 8.88. The van der Waals surface area contributed by atoms with E-state index < -0.39 is 4.92 Å². The van der Waals surface area contributed by atoms with Crippen LogP contribution in [0.5, 0.6) is 0 Å². The van der Waals surface area contributed by atoms with E-state index in [2.05, 4.69) is 38.0 Å². The first kappa shape index (κ1) is 24.8. The molecule has 4 rings (SSSR count). The van der Waals surface area contributed by atoms with Gasteiger partial charge in [-0.2, -0.15) is 0 Å². The van der Waals surface area contributed by atoms with Crippen molar-refractivity contribution in [2.75, 3.05) is 5.32 Å². The van der Waals surface area contributed by atoms with Crippen LogP contribution in [0.1, 0.15) is 66.0 Å². The summed E-state index contributed by atoms with van der Waals surface area (Å²) >= 11 is 1.57. The predicted octanol–water partition coefficient (Wildman–Crippen LogP) is 7.37. The number of nitrogens with zero attached hydrogens (tertiary/aromatic N) is 2. The number of amides is 1. The highest BCUT2D eigenvalue weighted by atomic mass is 32.1. The molecule has 2 aromatic carbocycles. The summed E-state index contributed by atoms with van der Waals surface area (Å²) in [5, 5.41) is 14.9. The lowest BCUT2D eigenvalue weighted by Crippen LogP contribution is -2.27. The van der Waals surface area contributed by atoms with Crippen molar-refractivity contribution >= 4 is 39.8 Å². The quantitative estimate of drug-likeness (QED) is 0.223. The number of hydrogen-bond donors (Lipinski definition) is 1. The molecule has 182 valence electrons. The zero-order valence-electron chi connectivity index (χ0n) is 20.6. The van der Waals surface area contributed by atoms with Crippen molar-refractivity contribution in [2.24, 2.45) is 16.3 Å². The predicted molar refractivity (Wildman–Crippen MR) is 143 cm³/mol. The number of nitro benzene ring substituents is 1. The fourth-order valence-electron chi connectivity index (χ4n) is 4.62. The van der Waals surface area contributed by atoms with Crippen LogP contribution in [0.3, 0.4) is 0 Å². The van der Waals surface area contributed by atoms with E-state index in [0.717, 1.165) is 42.5 Å². The Morgan fingerprint density at radius 3 is 2.71 bits per heavy atom. The number of anilines is 1. The smallest absolute Gasteiger partial charge is 0.270 e. The molecule has 0 unspecified atom stereocenters. The van der Waals surface area contributed by atoms with Crippen LogP contribution in [0.25, 0.3) is 0 Å². The highest BCUT2D eigenvalue weighted by Crippen LogP contribution is 2.45. The zero-order chi connectivity index (χ0) is 25.2. The molecule has 0 spiro atoms. The monoisotopic (exact) mass is 489 g/mol. The van der Waals surface area contributed by atoms with Gasteiger partial charge in [-0.3, -0.25) is 14.9 Å². The minimum Gasteiger partial charge on any atom is -0.322 e. The van der Waals surface area contributed by atoms with Gasteiger partial charge < -0.3 is 5.32 Å². The number of non-ortho nitro benzene ring substituents is 1. The Bertz CT molecular complexity index is 1290. The van der Waals surface area contributed by atoms with Crippen LogP contribution in [0.2, 0.25) is 0 Å². The van der Waals surface area contributed by atoms with Gasteiger partial charge in [-0.25, -0.2) is 4.99 Å². The van der Waals surface area contributed by atoms with Crippen LogP contribution in [-0.2, 0) is 19.3 Å². The topological polar surface area (TPSA) is 84.6 Å². The number of hydrogen-bond acceptors (Lipinski definition) is 5. The molecule has 1 heterocycles. The van der Waals surface area contributed by atoms with Crippen molar-refractivity contribution in [1.29, 1.82) is 0 Å². The Hall–Kier alpha value is -3.32. The van der Waals surface area contributed by atoms with E-state index in [4.69, 9.17) is 0 Å². The molecule has 1 aliphatic carbocycles. The molecule has 7 heteroatoms. The van der Waals surface area contributed by atoms with Gasteiger partial charge in [-0.05, 0) is 59.8 Å². The Morgan fingerprint density at radius 2 is 2.00 bits per heavy atom. The Morgan fingerprint density at radius 1 is 1.23 bits per heavy atom. The lowest BCUT2D eigenvalue weighted by Gasteiger charge is -2.33. The van der Waals surface area contributed by atoms with Crippen molar-refractivity contribution in [3.8, 4) is 0 Å². The van der Waals surface area contributed by atoms with Crippen LogP contribution >= 0.6 is 11.3 Å². The van der Waals surface area contributed by atoms with Crippen molar-refractivity contribution < 1.29 is 9.72 Å². The number of fused-ring (bicyclic) bond motifs is 1. The normalized spacial score (nSPS) is 15.7. The number of carbonyl (C=O) groups is 1. The zero-order valence-corrected chi connectivity index (χ0v) is 21.4. The molecule has 0 bridgehead atoms. The van der Waals surface area contributed by atoms with Crippen molar-refractivity contribution in [2.45, 2.75) is 53.4 Å². The van der Waals surface area contributed by atoms with Gasteiger partial charge in [0.15, 0.2) is 0 Å². The summed E-state index contributed by atoms with van der Waals surface area (Å²) in [6, 6.07) is 14.2. The van der Waals surface area contributed by atoms with E-state index in [9.17, 15) is 14.9 Å². The Balaban J connectivity index is 1.72. The average molecular weight is 490 g/mol. The Labute approximate surface area is 210 Å². The van der Waals surface area contributed by atoms with E-state index in [1.165, 1.54) is 17.0 Å². The van der Waals surface area contributed by atoms with Gasteiger partial charge in [0.1, 0.15) is 5.00 Å². The van der Waals surface area contributed by atoms with Crippen LogP contribution in [0, 0.1) is 21.4 Å². The highest BCUT2D eigenvalue weighted by Gasteiger charge is 2.33. The van der Waals surface area contributed by atoms with Gasteiger partial charge in [0, 0.05) is 28.9 Å². The van der Waals surface area contributed by atoms with Gasteiger partial charge in [-0.1, -0.05) is 58.0 Å². The maximum atomic E-state index is 13.6. The van der Waals surface area contributed by atoms with Gasteiger partial charge in [0.25, 0.3) is 11.6 Å². The third-order valence-corrected chi connectivity index (χ3v) is 7.92. The lowest BCUT2D eigenvalue weighted by atomic mass is 9.72.